The van der Waals surface area contributed by atoms with Gasteiger partial charge in [-0.3, -0.25) is 9.78 Å². The lowest BCUT2D eigenvalue weighted by Crippen LogP contribution is -2.14. The Morgan fingerprint density at radius 2 is 1.88 bits per heavy atom. The average Bonchev–Trinajstić information content (AvgIpc) is 2.63. The van der Waals surface area contributed by atoms with Gasteiger partial charge < -0.3 is 10.6 Å². The molecule has 0 radical (unpaired) electrons. The molecule has 2 aromatic heterocycles. The van der Waals surface area contributed by atoms with Gasteiger partial charge in [0.25, 0.3) is 5.91 Å². The molecular weight excluding hydrogens is 302 g/mol. The quantitative estimate of drug-likeness (QED) is 0.755. The van der Waals surface area contributed by atoms with E-state index in [-0.39, 0.29) is 11.6 Å². The largest absolute Gasteiger partial charge is 0.364 e. The molecule has 24 heavy (non-hydrogen) atoms. The standard InChI is InChI=1S/C18H17N5O/c1-13-4-6-15(7-5-13)21-18(24)16-8-9-17(23-22-16)20-12-14-3-2-10-19-11-14/h2-11H,12H2,1H3,(H,20,23)(H,21,24). The van der Waals surface area contributed by atoms with Gasteiger partial charge in [0.05, 0.1) is 0 Å². The van der Waals surface area contributed by atoms with Crippen molar-refractivity contribution in [3.63, 3.8) is 0 Å². The third kappa shape index (κ3) is 4.13. The maximum atomic E-state index is 12.1. The summed E-state index contributed by atoms with van der Waals surface area (Å²) in [6.07, 6.45) is 3.51. The molecule has 0 fully saturated rings. The maximum Gasteiger partial charge on any atom is 0.276 e. The van der Waals surface area contributed by atoms with E-state index in [2.05, 4.69) is 25.8 Å². The van der Waals surface area contributed by atoms with Crippen LogP contribution in [0.15, 0.2) is 60.9 Å². The van der Waals surface area contributed by atoms with E-state index in [0.717, 1.165) is 16.8 Å². The lowest BCUT2D eigenvalue weighted by molar-refractivity contribution is 0.102. The minimum absolute atomic E-state index is 0.266. The summed E-state index contributed by atoms with van der Waals surface area (Å²) in [5.41, 5.74) is 3.17. The lowest BCUT2D eigenvalue weighted by atomic mass is 10.2. The first kappa shape index (κ1) is 15.6. The lowest BCUT2D eigenvalue weighted by Gasteiger charge is -2.07. The number of benzene rings is 1. The second-order valence-corrected chi connectivity index (χ2v) is 5.34. The fraction of sp³-hybridized carbons (Fsp3) is 0.111. The van der Waals surface area contributed by atoms with Crippen LogP contribution in [-0.2, 0) is 6.54 Å². The Kier molecular flexibility index (Phi) is 4.76. The van der Waals surface area contributed by atoms with Gasteiger partial charge in [0.15, 0.2) is 5.69 Å². The fourth-order valence-corrected chi connectivity index (χ4v) is 2.07. The van der Waals surface area contributed by atoms with Gasteiger partial charge in [-0.1, -0.05) is 23.8 Å². The summed E-state index contributed by atoms with van der Waals surface area (Å²) < 4.78 is 0. The third-order valence-electron chi connectivity index (χ3n) is 3.40. The topological polar surface area (TPSA) is 79.8 Å². The first-order chi connectivity index (χ1) is 11.7. The highest BCUT2D eigenvalue weighted by Gasteiger charge is 2.08. The molecule has 0 saturated carbocycles. The SMILES string of the molecule is Cc1ccc(NC(=O)c2ccc(NCc3cccnc3)nn2)cc1. The zero-order valence-corrected chi connectivity index (χ0v) is 13.2. The number of carbonyl (C=O) groups excluding carboxylic acids is 1. The number of carbonyl (C=O) groups is 1. The van der Waals surface area contributed by atoms with E-state index < -0.39 is 0 Å². The van der Waals surface area contributed by atoms with E-state index in [1.54, 1.807) is 24.5 Å². The summed E-state index contributed by atoms with van der Waals surface area (Å²) in [5, 5.41) is 13.9. The normalized spacial score (nSPS) is 10.2. The van der Waals surface area contributed by atoms with Crippen LogP contribution in [0.4, 0.5) is 11.5 Å². The predicted molar refractivity (Wildman–Crippen MR) is 92.7 cm³/mol. The summed E-state index contributed by atoms with van der Waals surface area (Å²) in [7, 11) is 0. The Labute approximate surface area is 140 Å². The highest BCUT2D eigenvalue weighted by atomic mass is 16.1. The fourth-order valence-electron chi connectivity index (χ4n) is 2.07. The minimum Gasteiger partial charge on any atom is -0.364 e. The minimum atomic E-state index is -0.287. The zero-order valence-electron chi connectivity index (χ0n) is 13.2. The van der Waals surface area contributed by atoms with Gasteiger partial charge in [0.2, 0.25) is 0 Å². The van der Waals surface area contributed by atoms with E-state index in [0.29, 0.717) is 12.4 Å². The van der Waals surface area contributed by atoms with Crippen LogP contribution >= 0.6 is 0 Å². The van der Waals surface area contributed by atoms with Crippen molar-refractivity contribution in [2.75, 3.05) is 10.6 Å². The molecule has 0 aliphatic heterocycles. The van der Waals surface area contributed by atoms with E-state index in [9.17, 15) is 4.79 Å². The molecule has 0 unspecified atom stereocenters. The molecule has 2 N–H and O–H groups in total. The van der Waals surface area contributed by atoms with Crippen LogP contribution in [0.3, 0.4) is 0 Å². The Hall–Kier alpha value is -3.28. The Balaban J connectivity index is 1.59. The molecule has 3 aromatic rings. The van der Waals surface area contributed by atoms with Gasteiger partial charge in [0, 0.05) is 24.6 Å². The van der Waals surface area contributed by atoms with Crippen LogP contribution in [0.5, 0.6) is 0 Å². The number of hydrogen-bond donors (Lipinski definition) is 2. The smallest absolute Gasteiger partial charge is 0.276 e. The molecule has 3 rings (SSSR count). The number of anilines is 2. The third-order valence-corrected chi connectivity index (χ3v) is 3.40. The molecule has 1 aromatic carbocycles. The maximum absolute atomic E-state index is 12.1. The van der Waals surface area contributed by atoms with Crippen molar-refractivity contribution in [2.24, 2.45) is 0 Å². The van der Waals surface area contributed by atoms with Crippen molar-refractivity contribution < 1.29 is 4.79 Å². The molecule has 6 nitrogen and oxygen atoms in total. The number of aromatic nitrogens is 3. The van der Waals surface area contributed by atoms with Gasteiger partial charge in [-0.2, -0.15) is 0 Å². The highest BCUT2D eigenvalue weighted by Crippen LogP contribution is 2.11. The van der Waals surface area contributed by atoms with Crippen LogP contribution in [-0.4, -0.2) is 21.1 Å². The van der Waals surface area contributed by atoms with E-state index in [1.807, 2.05) is 43.3 Å². The average molecular weight is 319 g/mol. The van der Waals surface area contributed by atoms with E-state index >= 15 is 0 Å². The summed E-state index contributed by atoms with van der Waals surface area (Å²) in [6.45, 7) is 2.59. The van der Waals surface area contributed by atoms with E-state index in [4.69, 9.17) is 0 Å². The summed E-state index contributed by atoms with van der Waals surface area (Å²) in [6, 6.07) is 14.8. The monoisotopic (exact) mass is 319 g/mol. The summed E-state index contributed by atoms with van der Waals surface area (Å²) in [5.74, 6) is 0.316. The number of rotatable bonds is 5. The van der Waals surface area contributed by atoms with Crippen molar-refractivity contribution in [2.45, 2.75) is 13.5 Å². The summed E-state index contributed by atoms with van der Waals surface area (Å²) >= 11 is 0. The van der Waals surface area contributed by atoms with Crippen LogP contribution in [0, 0.1) is 6.92 Å². The second-order valence-electron chi connectivity index (χ2n) is 5.34. The van der Waals surface area contributed by atoms with Crippen molar-refractivity contribution in [3.8, 4) is 0 Å². The number of hydrogen-bond acceptors (Lipinski definition) is 5. The molecule has 0 spiro atoms. The predicted octanol–water partition coefficient (Wildman–Crippen LogP) is 3.04. The number of nitrogens with one attached hydrogen (secondary N) is 2. The molecular formula is C18H17N5O. The van der Waals surface area contributed by atoms with Crippen molar-refractivity contribution in [1.29, 1.82) is 0 Å². The number of amides is 1. The number of pyridine rings is 1. The van der Waals surface area contributed by atoms with Crippen molar-refractivity contribution in [1.82, 2.24) is 15.2 Å². The molecule has 2 heterocycles. The molecule has 6 heteroatoms. The molecule has 1 amide bonds. The van der Waals surface area contributed by atoms with Crippen LogP contribution in [0.2, 0.25) is 0 Å². The molecule has 0 aliphatic rings. The molecule has 120 valence electrons. The van der Waals surface area contributed by atoms with Crippen molar-refractivity contribution >= 4 is 17.4 Å². The molecule has 0 saturated heterocycles. The number of aryl methyl sites for hydroxylation is 1. The van der Waals surface area contributed by atoms with Gasteiger partial charge in [0.1, 0.15) is 5.82 Å². The van der Waals surface area contributed by atoms with Gasteiger partial charge in [-0.15, -0.1) is 10.2 Å². The highest BCUT2D eigenvalue weighted by molar-refractivity contribution is 6.02. The van der Waals surface area contributed by atoms with Gasteiger partial charge in [-0.25, -0.2) is 0 Å². The van der Waals surface area contributed by atoms with Crippen LogP contribution in [0.25, 0.3) is 0 Å². The molecule has 0 bridgehead atoms. The number of nitrogens with zero attached hydrogens (tertiary/aromatic N) is 3. The van der Waals surface area contributed by atoms with E-state index in [1.165, 1.54) is 0 Å². The van der Waals surface area contributed by atoms with Crippen LogP contribution < -0.4 is 10.6 Å². The zero-order chi connectivity index (χ0) is 16.8. The Morgan fingerprint density at radius 3 is 2.54 bits per heavy atom. The first-order valence-electron chi connectivity index (χ1n) is 7.55. The Morgan fingerprint density at radius 1 is 1.04 bits per heavy atom. The second kappa shape index (κ2) is 7.32. The summed E-state index contributed by atoms with van der Waals surface area (Å²) in [4.78, 5) is 16.2. The van der Waals surface area contributed by atoms with Gasteiger partial charge >= 0.3 is 0 Å². The van der Waals surface area contributed by atoms with Gasteiger partial charge in [-0.05, 0) is 42.8 Å². The molecule has 0 atom stereocenters. The molecule has 0 aliphatic carbocycles. The van der Waals surface area contributed by atoms with Crippen molar-refractivity contribution in [3.05, 3.63) is 77.7 Å². The first-order valence-corrected chi connectivity index (χ1v) is 7.55. The van der Waals surface area contributed by atoms with Crippen LogP contribution in [0.1, 0.15) is 21.6 Å². The Bertz CT molecular complexity index is 801.